The van der Waals surface area contributed by atoms with Crippen molar-refractivity contribution in [1.29, 1.82) is 0 Å². The van der Waals surface area contributed by atoms with E-state index < -0.39 is 15.9 Å². The summed E-state index contributed by atoms with van der Waals surface area (Å²) in [6.45, 7) is 1.68. The fourth-order valence-electron chi connectivity index (χ4n) is 5.29. The third-order valence-electron chi connectivity index (χ3n) is 7.07. The Morgan fingerprint density at radius 2 is 1.95 bits per heavy atom. The van der Waals surface area contributed by atoms with Crippen molar-refractivity contribution in [3.05, 3.63) is 50.6 Å². The zero-order chi connectivity index (χ0) is 26.3. The first-order valence-electron chi connectivity index (χ1n) is 12.3. The molecule has 3 heterocycles. The van der Waals surface area contributed by atoms with Crippen molar-refractivity contribution in [2.24, 2.45) is 5.92 Å². The molecule has 1 aromatic carbocycles. The summed E-state index contributed by atoms with van der Waals surface area (Å²) in [7, 11) is -1.12. The maximum absolute atomic E-state index is 13.2. The van der Waals surface area contributed by atoms with Gasteiger partial charge in [-0.15, -0.1) is 23.7 Å². The smallest absolute Gasteiger partial charge is 0.280 e. The van der Waals surface area contributed by atoms with Gasteiger partial charge in [0.1, 0.15) is 15.5 Å². The number of hydrogen-bond acceptors (Lipinski definition) is 7. The second kappa shape index (κ2) is 11.5. The van der Waals surface area contributed by atoms with Crippen LogP contribution in [0.1, 0.15) is 50.1 Å². The number of sulfone groups is 1. The van der Waals surface area contributed by atoms with Crippen LogP contribution in [-0.2, 0) is 22.8 Å². The van der Waals surface area contributed by atoms with E-state index in [1.54, 1.807) is 18.2 Å². The molecule has 0 unspecified atom stereocenters. The van der Waals surface area contributed by atoms with Gasteiger partial charge in [0, 0.05) is 58.7 Å². The van der Waals surface area contributed by atoms with Gasteiger partial charge in [-0.25, -0.2) is 13.4 Å². The summed E-state index contributed by atoms with van der Waals surface area (Å²) in [6, 6.07) is 6.35. The van der Waals surface area contributed by atoms with E-state index in [1.165, 1.54) is 17.6 Å². The van der Waals surface area contributed by atoms with Crippen molar-refractivity contribution in [3.63, 3.8) is 0 Å². The normalized spacial score (nSPS) is 21.9. The minimum atomic E-state index is -3.17. The van der Waals surface area contributed by atoms with Crippen LogP contribution < -0.4 is 10.6 Å². The number of fused-ring (bicyclic) bond motifs is 2. The molecule has 1 aliphatic heterocycles. The second-order valence-electron chi connectivity index (χ2n) is 10.2. The molecule has 206 valence electrons. The molecule has 3 N–H and O–H groups in total. The van der Waals surface area contributed by atoms with Crippen molar-refractivity contribution < 1.29 is 18.0 Å². The number of benzene rings is 1. The topological polar surface area (TPSA) is 124 Å². The van der Waals surface area contributed by atoms with E-state index in [4.69, 9.17) is 11.6 Å². The fourth-order valence-corrected chi connectivity index (χ4v) is 7.72. The number of carbonyl (C=O) groups is 2. The zero-order valence-corrected chi connectivity index (χ0v) is 24.3. The highest BCUT2D eigenvalue weighted by Gasteiger charge is 2.35. The number of nitrogens with one attached hydrogen (secondary N) is 3. The van der Waals surface area contributed by atoms with Crippen LogP contribution in [0.25, 0.3) is 10.9 Å². The first-order chi connectivity index (χ1) is 17.5. The van der Waals surface area contributed by atoms with E-state index in [1.807, 2.05) is 13.1 Å². The highest BCUT2D eigenvalue weighted by atomic mass is 35.5. The molecule has 2 aromatic heterocycles. The molecule has 5 rings (SSSR count). The maximum atomic E-state index is 13.2. The summed E-state index contributed by atoms with van der Waals surface area (Å²) in [4.78, 5) is 37.4. The SMILES string of the molecule is CN1CCc2nc(C(=O)N[C@@H]3C[C@@H](CS(C)(=O)=O)CC[C@@H]3NC(=O)c3cc4cc(Cl)ccc4[nH]3)sc2C1.Cl. The van der Waals surface area contributed by atoms with Crippen LogP contribution in [0.15, 0.2) is 24.3 Å². The van der Waals surface area contributed by atoms with Gasteiger partial charge < -0.3 is 20.5 Å². The summed E-state index contributed by atoms with van der Waals surface area (Å²) < 4.78 is 23.9. The predicted octanol–water partition coefficient (Wildman–Crippen LogP) is 3.43. The van der Waals surface area contributed by atoms with Crippen molar-refractivity contribution in [3.8, 4) is 0 Å². The van der Waals surface area contributed by atoms with Gasteiger partial charge in [0.15, 0.2) is 5.01 Å². The Balaban J connectivity index is 0.00000336. The standard InChI is InChI=1S/C25H30ClN5O4S2.ClH/c1-31-8-7-19-22(12-31)36-25(30-19)24(33)29-20-9-14(13-37(2,34)35)3-5-18(20)28-23(32)21-11-15-10-16(26)4-6-17(15)27-21;/h4,6,10-11,14,18,20,27H,3,5,7-9,12-13H2,1-2H3,(H,28,32)(H,29,33);1H/t14-,18-,20+;/m0./s1. The van der Waals surface area contributed by atoms with Crippen LogP contribution in [0.3, 0.4) is 0 Å². The van der Waals surface area contributed by atoms with Crippen molar-refractivity contribution >= 4 is 67.9 Å². The van der Waals surface area contributed by atoms with E-state index in [0.717, 1.165) is 41.0 Å². The predicted molar refractivity (Wildman–Crippen MR) is 152 cm³/mol. The largest absolute Gasteiger partial charge is 0.351 e. The number of rotatable bonds is 6. The van der Waals surface area contributed by atoms with Crippen molar-refractivity contribution in [1.82, 2.24) is 25.5 Å². The van der Waals surface area contributed by atoms with Crippen LogP contribution >= 0.6 is 35.3 Å². The van der Waals surface area contributed by atoms with E-state index in [2.05, 4.69) is 25.5 Å². The average Bonchev–Trinajstić information content (AvgIpc) is 3.43. The molecule has 1 saturated carbocycles. The van der Waals surface area contributed by atoms with Crippen LogP contribution in [0.5, 0.6) is 0 Å². The molecule has 0 bridgehead atoms. The molecule has 9 nitrogen and oxygen atoms in total. The lowest BCUT2D eigenvalue weighted by Crippen LogP contribution is -2.55. The highest BCUT2D eigenvalue weighted by Crippen LogP contribution is 2.29. The number of aromatic nitrogens is 2. The number of amides is 2. The Hall–Kier alpha value is -2.18. The second-order valence-corrected chi connectivity index (χ2v) is 13.9. The Morgan fingerprint density at radius 1 is 1.18 bits per heavy atom. The number of H-pyrrole nitrogens is 1. The van der Waals surface area contributed by atoms with Gasteiger partial charge in [0.2, 0.25) is 0 Å². The molecule has 38 heavy (non-hydrogen) atoms. The molecular weight excluding hydrogens is 569 g/mol. The van der Waals surface area contributed by atoms with Gasteiger partial charge in [-0.1, -0.05) is 11.6 Å². The van der Waals surface area contributed by atoms with Gasteiger partial charge in [-0.05, 0) is 56.5 Å². The number of likely N-dealkylation sites (N-methyl/N-ethyl adjacent to an activating group) is 1. The van der Waals surface area contributed by atoms with Gasteiger partial charge in [-0.2, -0.15) is 0 Å². The summed E-state index contributed by atoms with van der Waals surface area (Å²) >= 11 is 7.48. The molecule has 1 fully saturated rings. The highest BCUT2D eigenvalue weighted by molar-refractivity contribution is 7.90. The molecule has 3 atom stereocenters. The van der Waals surface area contributed by atoms with Gasteiger partial charge in [-0.3, -0.25) is 9.59 Å². The zero-order valence-electron chi connectivity index (χ0n) is 21.1. The summed E-state index contributed by atoms with van der Waals surface area (Å²) in [6.07, 6.45) is 3.70. The van der Waals surface area contributed by atoms with E-state index >= 15 is 0 Å². The Bertz CT molecular complexity index is 1460. The van der Waals surface area contributed by atoms with Crippen LogP contribution in [0.2, 0.25) is 5.02 Å². The number of aromatic amines is 1. The van der Waals surface area contributed by atoms with E-state index in [9.17, 15) is 18.0 Å². The van der Waals surface area contributed by atoms with Gasteiger partial charge in [0.05, 0.1) is 11.4 Å². The molecule has 0 saturated heterocycles. The Labute approximate surface area is 237 Å². The van der Waals surface area contributed by atoms with Gasteiger partial charge in [0.25, 0.3) is 11.8 Å². The molecule has 0 radical (unpaired) electrons. The number of nitrogens with zero attached hydrogens (tertiary/aromatic N) is 2. The van der Waals surface area contributed by atoms with E-state index in [0.29, 0.717) is 35.0 Å². The van der Waals surface area contributed by atoms with Crippen LogP contribution in [0.4, 0.5) is 0 Å². The Morgan fingerprint density at radius 3 is 2.71 bits per heavy atom. The summed E-state index contributed by atoms with van der Waals surface area (Å²) in [5.41, 5.74) is 2.17. The summed E-state index contributed by atoms with van der Waals surface area (Å²) in [5, 5.41) is 7.96. The lowest BCUT2D eigenvalue weighted by atomic mass is 9.83. The summed E-state index contributed by atoms with van der Waals surface area (Å²) in [5.74, 6) is -0.611. The number of halogens is 2. The third kappa shape index (κ3) is 6.69. The maximum Gasteiger partial charge on any atom is 0.280 e. The number of carbonyl (C=O) groups excluding carboxylic acids is 2. The monoisotopic (exact) mass is 599 g/mol. The minimum absolute atomic E-state index is 0. The van der Waals surface area contributed by atoms with Crippen LogP contribution in [-0.4, -0.2) is 72.8 Å². The molecule has 0 spiro atoms. The number of thiazole rings is 1. The molecule has 13 heteroatoms. The average molecular weight is 601 g/mol. The lowest BCUT2D eigenvalue weighted by molar-refractivity contribution is 0.0846. The Kier molecular flexibility index (Phi) is 8.73. The molecular formula is C25H31Cl2N5O4S2. The first-order valence-corrected chi connectivity index (χ1v) is 15.5. The molecule has 3 aromatic rings. The van der Waals surface area contributed by atoms with Crippen molar-refractivity contribution in [2.75, 3.05) is 25.6 Å². The van der Waals surface area contributed by atoms with E-state index in [-0.39, 0.29) is 41.9 Å². The fraction of sp³-hybridized carbons (Fsp3) is 0.480. The molecule has 2 aliphatic rings. The quantitative estimate of drug-likeness (QED) is 0.399. The molecule has 2 amide bonds. The van der Waals surface area contributed by atoms with Crippen molar-refractivity contribution in [2.45, 2.75) is 44.3 Å². The molecule has 1 aliphatic carbocycles. The van der Waals surface area contributed by atoms with Gasteiger partial charge >= 0.3 is 0 Å². The minimum Gasteiger partial charge on any atom is -0.351 e. The lowest BCUT2D eigenvalue weighted by Gasteiger charge is -2.36. The van der Waals surface area contributed by atoms with Crippen LogP contribution in [0, 0.1) is 5.92 Å². The number of hydrogen-bond donors (Lipinski definition) is 3. The third-order valence-corrected chi connectivity index (χ3v) is 9.47. The first kappa shape index (κ1) is 28.8.